The maximum absolute atomic E-state index is 12.8. The van der Waals surface area contributed by atoms with Gasteiger partial charge >= 0.3 is 0 Å². The molecule has 2 aliphatic heterocycles. The highest BCUT2D eigenvalue weighted by Crippen LogP contribution is 2.35. The first-order chi connectivity index (χ1) is 11.4. The summed E-state index contributed by atoms with van der Waals surface area (Å²) in [5.74, 6) is 0.0778. The SMILES string of the molecule is CCCCCCCCCC(C)(C)C(=O)NC12CCC(CC1)NC2=O. The molecular weight excluding hydrogens is 300 g/mol. The van der Waals surface area contributed by atoms with Gasteiger partial charge in [-0.15, -0.1) is 0 Å². The largest absolute Gasteiger partial charge is 0.351 e. The molecule has 0 radical (unpaired) electrons. The Kier molecular flexibility index (Phi) is 6.70. The molecule has 24 heavy (non-hydrogen) atoms. The van der Waals surface area contributed by atoms with Gasteiger partial charge in [0.2, 0.25) is 11.8 Å². The van der Waals surface area contributed by atoms with Crippen LogP contribution >= 0.6 is 0 Å². The zero-order valence-corrected chi connectivity index (χ0v) is 15.9. The Hall–Kier alpha value is -1.06. The molecule has 0 unspecified atom stereocenters. The maximum Gasteiger partial charge on any atom is 0.245 e. The molecule has 2 saturated heterocycles. The van der Waals surface area contributed by atoms with Crippen molar-refractivity contribution >= 4 is 11.8 Å². The van der Waals surface area contributed by atoms with Crippen molar-refractivity contribution in [3.63, 3.8) is 0 Å². The fraction of sp³-hybridized carbons (Fsp3) is 0.900. The van der Waals surface area contributed by atoms with Gasteiger partial charge in [0.05, 0.1) is 0 Å². The lowest BCUT2D eigenvalue weighted by molar-refractivity contribution is -0.143. The fourth-order valence-corrected chi connectivity index (χ4v) is 4.01. The smallest absolute Gasteiger partial charge is 0.245 e. The molecule has 2 amide bonds. The van der Waals surface area contributed by atoms with E-state index in [0.29, 0.717) is 6.04 Å². The first-order valence-corrected chi connectivity index (χ1v) is 10.0. The van der Waals surface area contributed by atoms with Gasteiger partial charge in [-0.2, -0.15) is 0 Å². The highest BCUT2D eigenvalue weighted by atomic mass is 16.2. The molecular formula is C20H36N2O2. The highest BCUT2D eigenvalue weighted by molar-refractivity contribution is 5.94. The second-order valence-electron chi connectivity index (χ2n) is 8.54. The Morgan fingerprint density at radius 2 is 1.71 bits per heavy atom. The van der Waals surface area contributed by atoms with E-state index >= 15 is 0 Å². The third-order valence-electron chi connectivity index (χ3n) is 5.98. The van der Waals surface area contributed by atoms with Crippen LogP contribution in [-0.2, 0) is 9.59 Å². The molecule has 2 bridgehead atoms. The summed E-state index contributed by atoms with van der Waals surface area (Å²) in [5, 5.41) is 6.16. The zero-order valence-electron chi connectivity index (χ0n) is 15.9. The van der Waals surface area contributed by atoms with E-state index in [9.17, 15) is 9.59 Å². The molecule has 1 saturated carbocycles. The molecule has 4 nitrogen and oxygen atoms in total. The second kappa shape index (κ2) is 8.35. The van der Waals surface area contributed by atoms with Crippen molar-refractivity contribution in [2.24, 2.45) is 5.41 Å². The Balaban J connectivity index is 1.75. The van der Waals surface area contributed by atoms with Gasteiger partial charge in [-0.1, -0.05) is 65.7 Å². The van der Waals surface area contributed by atoms with Crippen molar-refractivity contribution in [2.45, 2.75) is 109 Å². The first kappa shape index (κ1) is 19.3. The van der Waals surface area contributed by atoms with Crippen LogP contribution in [0.1, 0.15) is 97.8 Å². The van der Waals surface area contributed by atoms with Crippen LogP contribution in [0.25, 0.3) is 0 Å². The van der Waals surface area contributed by atoms with Gasteiger partial charge in [0.25, 0.3) is 0 Å². The summed E-state index contributed by atoms with van der Waals surface area (Å²) in [7, 11) is 0. The Morgan fingerprint density at radius 3 is 2.29 bits per heavy atom. The summed E-state index contributed by atoms with van der Waals surface area (Å²) >= 11 is 0. The second-order valence-corrected chi connectivity index (χ2v) is 8.54. The highest BCUT2D eigenvalue weighted by Gasteiger charge is 2.49. The Morgan fingerprint density at radius 1 is 1.12 bits per heavy atom. The van der Waals surface area contributed by atoms with Crippen LogP contribution in [-0.4, -0.2) is 23.4 Å². The third-order valence-corrected chi connectivity index (χ3v) is 5.98. The van der Waals surface area contributed by atoms with Crippen LogP contribution in [0, 0.1) is 5.41 Å². The standard InChI is InChI=1S/C20H36N2O2/c1-4-5-6-7-8-9-10-13-19(2,3)17(23)22-20-14-11-16(12-15-20)21-18(20)24/h16H,4-15H2,1-3H3,(H,21,24)(H,22,23). The normalized spacial score (nSPS) is 26.3. The number of hydrogen-bond acceptors (Lipinski definition) is 2. The van der Waals surface area contributed by atoms with Gasteiger partial charge < -0.3 is 10.6 Å². The quantitative estimate of drug-likeness (QED) is 0.591. The van der Waals surface area contributed by atoms with E-state index in [2.05, 4.69) is 17.6 Å². The summed E-state index contributed by atoms with van der Waals surface area (Å²) in [6.07, 6.45) is 13.3. The number of rotatable bonds is 10. The van der Waals surface area contributed by atoms with Crippen LogP contribution in [0.4, 0.5) is 0 Å². The predicted molar refractivity (Wildman–Crippen MR) is 97.7 cm³/mol. The molecule has 0 spiro atoms. The van der Waals surface area contributed by atoms with E-state index < -0.39 is 11.0 Å². The number of hydrogen-bond donors (Lipinski definition) is 2. The molecule has 1 aliphatic carbocycles. The van der Waals surface area contributed by atoms with Gasteiger partial charge in [-0.25, -0.2) is 0 Å². The molecule has 138 valence electrons. The van der Waals surface area contributed by atoms with Gasteiger partial charge in [0.1, 0.15) is 5.54 Å². The molecule has 0 aromatic carbocycles. The lowest BCUT2D eigenvalue weighted by Crippen LogP contribution is -2.68. The van der Waals surface area contributed by atoms with Crippen molar-refractivity contribution in [3.05, 3.63) is 0 Å². The number of carbonyl (C=O) groups excluding carboxylic acids is 2. The minimum absolute atomic E-state index is 0.0325. The van der Waals surface area contributed by atoms with Crippen molar-refractivity contribution in [2.75, 3.05) is 0 Å². The summed E-state index contributed by atoms with van der Waals surface area (Å²) < 4.78 is 0. The van der Waals surface area contributed by atoms with E-state index in [1.165, 1.54) is 38.5 Å². The van der Waals surface area contributed by atoms with E-state index in [1.54, 1.807) is 0 Å². The van der Waals surface area contributed by atoms with Crippen molar-refractivity contribution < 1.29 is 9.59 Å². The van der Waals surface area contributed by atoms with Crippen molar-refractivity contribution in [3.8, 4) is 0 Å². The molecule has 0 atom stereocenters. The monoisotopic (exact) mass is 336 g/mol. The average Bonchev–Trinajstić information content (AvgIpc) is 2.55. The van der Waals surface area contributed by atoms with E-state index in [-0.39, 0.29) is 11.8 Å². The van der Waals surface area contributed by atoms with E-state index in [1.807, 2.05) is 13.8 Å². The van der Waals surface area contributed by atoms with Crippen LogP contribution < -0.4 is 10.6 Å². The fourth-order valence-electron chi connectivity index (χ4n) is 4.01. The third kappa shape index (κ3) is 4.73. The van der Waals surface area contributed by atoms with Crippen LogP contribution in [0.5, 0.6) is 0 Å². The number of fused-ring (bicyclic) bond motifs is 3. The molecule has 0 aromatic heterocycles. The van der Waals surface area contributed by atoms with Crippen molar-refractivity contribution in [1.82, 2.24) is 10.6 Å². The van der Waals surface area contributed by atoms with Crippen LogP contribution in [0.2, 0.25) is 0 Å². The van der Waals surface area contributed by atoms with Gasteiger partial charge in [-0.3, -0.25) is 9.59 Å². The molecule has 4 heteroatoms. The topological polar surface area (TPSA) is 58.2 Å². The first-order valence-electron chi connectivity index (χ1n) is 10.0. The molecule has 2 heterocycles. The Labute approximate surface area is 147 Å². The lowest BCUT2D eigenvalue weighted by atomic mass is 9.73. The molecule has 3 aliphatic rings. The molecule has 0 aromatic rings. The Bertz CT molecular complexity index is 437. The average molecular weight is 337 g/mol. The lowest BCUT2D eigenvalue weighted by Gasteiger charge is -2.47. The van der Waals surface area contributed by atoms with E-state index in [4.69, 9.17) is 0 Å². The number of piperidine rings is 2. The summed E-state index contributed by atoms with van der Waals surface area (Å²) in [6, 6.07) is 0.331. The molecule has 3 fully saturated rings. The zero-order chi connectivity index (χ0) is 17.6. The maximum atomic E-state index is 12.8. The minimum atomic E-state index is -0.636. The summed E-state index contributed by atoms with van der Waals surface area (Å²) in [6.45, 7) is 6.27. The number of nitrogens with one attached hydrogen (secondary N) is 2. The summed E-state index contributed by atoms with van der Waals surface area (Å²) in [5.41, 5.74) is -1.03. The molecule has 3 rings (SSSR count). The van der Waals surface area contributed by atoms with E-state index in [0.717, 1.165) is 38.5 Å². The molecule has 2 N–H and O–H groups in total. The van der Waals surface area contributed by atoms with Gasteiger partial charge in [0.15, 0.2) is 0 Å². The predicted octanol–water partition coefficient (Wildman–Crippen LogP) is 4.08. The van der Waals surface area contributed by atoms with Crippen molar-refractivity contribution in [1.29, 1.82) is 0 Å². The van der Waals surface area contributed by atoms with Crippen LogP contribution in [0.3, 0.4) is 0 Å². The van der Waals surface area contributed by atoms with Gasteiger partial charge in [-0.05, 0) is 32.1 Å². The number of carbonyl (C=O) groups is 2. The van der Waals surface area contributed by atoms with Crippen LogP contribution in [0.15, 0.2) is 0 Å². The minimum Gasteiger partial charge on any atom is -0.351 e. The number of amides is 2. The van der Waals surface area contributed by atoms with Gasteiger partial charge in [0, 0.05) is 11.5 Å². The number of unbranched alkanes of at least 4 members (excludes halogenated alkanes) is 6. The summed E-state index contributed by atoms with van der Waals surface area (Å²) in [4.78, 5) is 25.1.